The van der Waals surface area contributed by atoms with Crippen LogP contribution in [0.4, 0.5) is 0 Å². The molecule has 1 saturated carbocycles. The van der Waals surface area contributed by atoms with Gasteiger partial charge in [-0.1, -0.05) is 0 Å². The molecule has 0 unspecified atom stereocenters. The maximum atomic E-state index is 12.2. The summed E-state index contributed by atoms with van der Waals surface area (Å²) in [4.78, 5) is 37.9. The first-order valence-electron chi connectivity index (χ1n) is 7.96. The third-order valence-corrected chi connectivity index (χ3v) is 3.95. The lowest BCUT2D eigenvalue weighted by Crippen LogP contribution is -2.43. The second-order valence-electron chi connectivity index (χ2n) is 6.00. The smallest absolute Gasteiger partial charge is 0.331 e. The first-order valence-corrected chi connectivity index (χ1v) is 7.96. The van der Waals surface area contributed by atoms with E-state index >= 15 is 0 Å². The predicted molar refractivity (Wildman–Crippen MR) is 85.0 cm³/mol. The Morgan fingerprint density at radius 3 is 2.84 bits per heavy atom. The van der Waals surface area contributed by atoms with Gasteiger partial charge in [0, 0.05) is 19.8 Å². The SMILES string of the molecule is Cn1c(=O)c(C(=O)NCC2CC2)cn(Cc2nnn(CCO)n2)c1=O. The molecule has 0 aromatic carbocycles. The second kappa shape index (κ2) is 6.97. The van der Waals surface area contributed by atoms with Gasteiger partial charge in [-0.15, -0.1) is 10.2 Å². The standard InChI is InChI=1S/C14H19N7O4/c1-19-13(24)10(12(23)15-6-9-2-3-9)7-20(14(19)25)8-11-16-18-21(17-11)4-5-22/h7,9,22H,2-6,8H2,1H3,(H,15,23). The van der Waals surface area contributed by atoms with Crippen LogP contribution in [0.25, 0.3) is 0 Å². The van der Waals surface area contributed by atoms with Crippen molar-refractivity contribution < 1.29 is 9.90 Å². The van der Waals surface area contributed by atoms with Gasteiger partial charge in [0.15, 0.2) is 5.82 Å². The van der Waals surface area contributed by atoms with Crippen molar-refractivity contribution in [1.82, 2.24) is 34.7 Å². The van der Waals surface area contributed by atoms with E-state index in [1.165, 1.54) is 22.6 Å². The van der Waals surface area contributed by atoms with Gasteiger partial charge in [0.2, 0.25) is 0 Å². The van der Waals surface area contributed by atoms with E-state index in [0.717, 1.165) is 17.4 Å². The van der Waals surface area contributed by atoms with Crippen molar-refractivity contribution >= 4 is 5.91 Å². The number of aromatic nitrogens is 6. The van der Waals surface area contributed by atoms with Gasteiger partial charge in [0.05, 0.1) is 19.7 Å². The number of carbonyl (C=O) groups is 1. The Morgan fingerprint density at radius 1 is 1.40 bits per heavy atom. The molecule has 11 nitrogen and oxygen atoms in total. The molecule has 134 valence electrons. The lowest BCUT2D eigenvalue weighted by molar-refractivity contribution is 0.0948. The molecule has 11 heteroatoms. The highest BCUT2D eigenvalue weighted by atomic mass is 16.3. The molecule has 25 heavy (non-hydrogen) atoms. The number of carbonyl (C=O) groups excluding carboxylic acids is 1. The predicted octanol–water partition coefficient (Wildman–Crippen LogP) is -2.29. The number of rotatable bonds is 7. The molecule has 2 N–H and O–H groups in total. The summed E-state index contributed by atoms with van der Waals surface area (Å²) in [7, 11) is 1.31. The molecule has 0 radical (unpaired) electrons. The van der Waals surface area contributed by atoms with Crippen LogP contribution in [-0.4, -0.2) is 53.5 Å². The molecule has 1 aliphatic carbocycles. The van der Waals surface area contributed by atoms with E-state index < -0.39 is 17.2 Å². The van der Waals surface area contributed by atoms with E-state index in [1.807, 2.05) is 0 Å². The van der Waals surface area contributed by atoms with Crippen LogP contribution < -0.4 is 16.6 Å². The summed E-state index contributed by atoms with van der Waals surface area (Å²) < 4.78 is 2.07. The Kier molecular flexibility index (Phi) is 4.74. The van der Waals surface area contributed by atoms with Crippen molar-refractivity contribution in [2.75, 3.05) is 13.2 Å². The largest absolute Gasteiger partial charge is 0.394 e. The number of nitrogens with one attached hydrogen (secondary N) is 1. The third kappa shape index (κ3) is 3.82. The molecule has 0 bridgehead atoms. The molecule has 2 aromatic rings. The van der Waals surface area contributed by atoms with Crippen LogP contribution in [0.2, 0.25) is 0 Å². The van der Waals surface area contributed by atoms with Crippen LogP contribution in [0.3, 0.4) is 0 Å². The van der Waals surface area contributed by atoms with Gasteiger partial charge < -0.3 is 10.4 Å². The van der Waals surface area contributed by atoms with Crippen molar-refractivity contribution in [1.29, 1.82) is 0 Å². The number of tetrazole rings is 1. The van der Waals surface area contributed by atoms with Crippen LogP contribution in [0.5, 0.6) is 0 Å². The molecule has 2 heterocycles. The van der Waals surface area contributed by atoms with Gasteiger partial charge >= 0.3 is 5.69 Å². The molecular weight excluding hydrogens is 330 g/mol. The minimum absolute atomic E-state index is 0.0404. The molecule has 1 fully saturated rings. The van der Waals surface area contributed by atoms with Crippen LogP contribution in [-0.2, 0) is 20.1 Å². The van der Waals surface area contributed by atoms with E-state index in [0.29, 0.717) is 12.5 Å². The maximum absolute atomic E-state index is 12.2. The zero-order chi connectivity index (χ0) is 18.0. The molecule has 3 rings (SSSR count). The summed E-state index contributed by atoms with van der Waals surface area (Å²) >= 11 is 0. The minimum atomic E-state index is -0.647. The van der Waals surface area contributed by atoms with Gasteiger partial charge in [-0.25, -0.2) is 4.79 Å². The Hall–Kier alpha value is -2.82. The number of aliphatic hydroxyl groups is 1. The van der Waals surface area contributed by atoms with Gasteiger partial charge in [-0.05, 0) is 24.0 Å². The van der Waals surface area contributed by atoms with E-state index in [9.17, 15) is 14.4 Å². The van der Waals surface area contributed by atoms with Gasteiger partial charge in [-0.2, -0.15) is 4.80 Å². The highest BCUT2D eigenvalue weighted by Gasteiger charge is 2.23. The second-order valence-corrected chi connectivity index (χ2v) is 6.00. The normalized spacial score (nSPS) is 13.8. The van der Waals surface area contributed by atoms with Crippen molar-refractivity contribution in [2.24, 2.45) is 13.0 Å². The lowest BCUT2D eigenvalue weighted by Gasteiger charge is -2.09. The zero-order valence-corrected chi connectivity index (χ0v) is 13.8. The van der Waals surface area contributed by atoms with E-state index in [4.69, 9.17) is 5.11 Å². The third-order valence-electron chi connectivity index (χ3n) is 3.95. The number of aliphatic hydroxyl groups excluding tert-OH is 1. The Bertz CT molecular complexity index is 893. The fraction of sp³-hybridized carbons (Fsp3) is 0.571. The zero-order valence-electron chi connectivity index (χ0n) is 13.8. The molecule has 1 amide bonds. The molecule has 0 aliphatic heterocycles. The molecule has 0 saturated heterocycles. The molecule has 1 aliphatic rings. The Balaban J connectivity index is 1.85. The fourth-order valence-corrected chi connectivity index (χ4v) is 2.33. The average Bonchev–Trinajstić information content (AvgIpc) is 3.33. The number of hydrogen-bond acceptors (Lipinski definition) is 7. The maximum Gasteiger partial charge on any atom is 0.331 e. The quantitative estimate of drug-likeness (QED) is 0.574. The molecule has 0 spiro atoms. The summed E-state index contributed by atoms with van der Waals surface area (Å²) in [5.74, 6) is 0.209. The van der Waals surface area contributed by atoms with Crippen molar-refractivity contribution in [3.63, 3.8) is 0 Å². The topological polar surface area (TPSA) is 137 Å². The molecule has 0 atom stereocenters. The van der Waals surface area contributed by atoms with Crippen molar-refractivity contribution in [2.45, 2.75) is 25.9 Å². The molecular formula is C14H19N7O4. The monoisotopic (exact) mass is 349 g/mol. The van der Waals surface area contributed by atoms with Crippen molar-refractivity contribution in [3.8, 4) is 0 Å². The number of amides is 1. The van der Waals surface area contributed by atoms with E-state index in [1.54, 1.807) is 0 Å². The summed E-state index contributed by atoms with van der Waals surface area (Å²) in [6.07, 6.45) is 3.37. The first kappa shape index (κ1) is 17.0. The van der Waals surface area contributed by atoms with Gasteiger partial charge in [0.25, 0.3) is 11.5 Å². The van der Waals surface area contributed by atoms with Crippen LogP contribution >= 0.6 is 0 Å². The highest BCUT2D eigenvalue weighted by Crippen LogP contribution is 2.27. The summed E-state index contributed by atoms with van der Waals surface area (Å²) in [5, 5.41) is 23.1. The van der Waals surface area contributed by atoms with E-state index in [2.05, 4.69) is 20.7 Å². The van der Waals surface area contributed by atoms with Gasteiger partial charge in [-0.3, -0.25) is 18.7 Å². The van der Waals surface area contributed by atoms with Crippen molar-refractivity contribution in [3.05, 3.63) is 38.4 Å². The van der Waals surface area contributed by atoms with E-state index in [-0.39, 0.29) is 31.1 Å². The Morgan fingerprint density at radius 2 is 2.16 bits per heavy atom. The number of nitrogens with zero attached hydrogens (tertiary/aromatic N) is 6. The van der Waals surface area contributed by atoms with Crippen LogP contribution in [0.15, 0.2) is 15.8 Å². The summed E-state index contributed by atoms with van der Waals surface area (Å²) in [6.45, 7) is 0.532. The average molecular weight is 349 g/mol. The molecule has 2 aromatic heterocycles. The first-order chi connectivity index (χ1) is 12.0. The van der Waals surface area contributed by atoms with Gasteiger partial charge in [0.1, 0.15) is 5.56 Å². The fourth-order valence-electron chi connectivity index (χ4n) is 2.33. The summed E-state index contributed by atoms with van der Waals surface area (Å²) in [6, 6.07) is 0. The van der Waals surface area contributed by atoms with Crippen LogP contribution in [0, 0.1) is 5.92 Å². The van der Waals surface area contributed by atoms with Crippen LogP contribution in [0.1, 0.15) is 29.0 Å². The minimum Gasteiger partial charge on any atom is -0.394 e. The lowest BCUT2D eigenvalue weighted by atomic mass is 10.3. The number of hydrogen-bond donors (Lipinski definition) is 2. The Labute approximate surface area is 141 Å². The highest BCUT2D eigenvalue weighted by molar-refractivity contribution is 5.93. The summed E-state index contributed by atoms with van der Waals surface area (Å²) in [5.41, 5.74) is -1.33.